The van der Waals surface area contributed by atoms with E-state index < -0.39 is 18.1 Å². The van der Waals surface area contributed by atoms with Crippen molar-refractivity contribution >= 4 is 51.5 Å². The molecule has 0 saturated carbocycles. The highest BCUT2D eigenvalue weighted by Crippen LogP contribution is 2.39. The number of carbonyl (C=O) groups is 3. The van der Waals surface area contributed by atoms with Crippen molar-refractivity contribution in [3.8, 4) is 5.75 Å². The molecule has 0 spiro atoms. The van der Waals surface area contributed by atoms with Gasteiger partial charge in [0.25, 0.3) is 11.8 Å². The zero-order valence-electron chi connectivity index (χ0n) is 21.7. The fourth-order valence-corrected chi connectivity index (χ4v) is 5.17. The molecular weight excluding hydrogens is 609 g/mol. The van der Waals surface area contributed by atoms with Gasteiger partial charge in [-0.2, -0.15) is 0 Å². The van der Waals surface area contributed by atoms with Gasteiger partial charge >= 0.3 is 6.03 Å². The van der Waals surface area contributed by atoms with E-state index in [1.165, 1.54) is 9.80 Å². The van der Waals surface area contributed by atoms with Gasteiger partial charge in [0.05, 0.1) is 11.0 Å². The summed E-state index contributed by atoms with van der Waals surface area (Å²) in [5.74, 6) is 0.285. The Morgan fingerprint density at radius 2 is 1.79 bits per heavy atom. The first-order chi connectivity index (χ1) is 18.7. The number of aromatic nitrogens is 2. The summed E-state index contributed by atoms with van der Waals surface area (Å²) in [4.78, 5) is 49.9. The van der Waals surface area contributed by atoms with Crippen molar-refractivity contribution in [2.45, 2.75) is 24.9 Å². The highest BCUT2D eigenvalue weighted by atomic mass is 127. The summed E-state index contributed by atoms with van der Waals surface area (Å²) in [6, 6.07) is 20.5. The number of aromatic amines is 1. The number of nitrogens with one attached hydrogen (secondary N) is 2. The van der Waals surface area contributed by atoms with Crippen LogP contribution in [-0.4, -0.2) is 58.3 Å². The topological polar surface area (TPSA) is 108 Å². The predicted octanol–water partition coefficient (Wildman–Crippen LogP) is 4.77. The van der Waals surface area contributed by atoms with Crippen molar-refractivity contribution < 1.29 is 19.1 Å². The fourth-order valence-electron chi connectivity index (χ4n) is 4.68. The number of urea groups is 1. The Morgan fingerprint density at radius 1 is 1.08 bits per heavy atom. The van der Waals surface area contributed by atoms with Gasteiger partial charge in [0.1, 0.15) is 23.7 Å². The monoisotopic (exact) mass is 637 g/mol. The Labute approximate surface area is 239 Å². The van der Waals surface area contributed by atoms with Crippen LogP contribution in [0.4, 0.5) is 4.79 Å². The van der Waals surface area contributed by atoms with E-state index in [1.54, 1.807) is 38.4 Å². The Balaban J connectivity index is 1.45. The highest BCUT2D eigenvalue weighted by Gasteiger charge is 2.46. The Hall–Kier alpha value is -3.93. The highest BCUT2D eigenvalue weighted by molar-refractivity contribution is 14.1. The molecule has 0 unspecified atom stereocenters. The molecule has 5 rings (SSSR count). The number of halogens is 1. The molecule has 3 atom stereocenters. The lowest BCUT2D eigenvalue weighted by Gasteiger charge is -2.29. The van der Waals surface area contributed by atoms with Crippen LogP contribution in [-0.2, 0) is 9.59 Å². The zero-order valence-corrected chi connectivity index (χ0v) is 23.9. The van der Waals surface area contributed by atoms with Crippen molar-refractivity contribution in [3.63, 3.8) is 0 Å². The molecule has 1 aliphatic heterocycles. The second-order valence-electron chi connectivity index (χ2n) is 9.66. The van der Waals surface area contributed by atoms with Crippen LogP contribution in [0.2, 0.25) is 0 Å². The Kier molecular flexibility index (Phi) is 7.56. The van der Waals surface area contributed by atoms with Crippen LogP contribution >= 0.6 is 22.6 Å². The smallest absolute Gasteiger partial charge is 0.325 e. The lowest BCUT2D eigenvalue weighted by Crippen LogP contribution is -2.38. The number of fused-ring (bicyclic) bond motifs is 1. The van der Waals surface area contributed by atoms with Crippen molar-refractivity contribution in [3.05, 3.63) is 93.3 Å². The molecule has 0 aliphatic carbocycles. The van der Waals surface area contributed by atoms with Crippen molar-refractivity contribution in [2.75, 3.05) is 20.7 Å². The molecule has 1 saturated heterocycles. The Bertz CT molecular complexity index is 1520. The molecule has 200 valence electrons. The van der Waals surface area contributed by atoms with Gasteiger partial charge in [-0.3, -0.25) is 14.5 Å². The maximum atomic E-state index is 13.8. The number of H-pyrrole nitrogens is 1. The van der Waals surface area contributed by atoms with E-state index in [1.807, 2.05) is 55.5 Å². The molecular formula is C29H28IN5O4. The number of nitrogens with zero attached hydrogens (tertiary/aromatic N) is 3. The van der Waals surface area contributed by atoms with Gasteiger partial charge in [-0.15, -0.1) is 0 Å². The van der Waals surface area contributed by atoms with Gasteiger partial charge in [0.15, 0.2) is 6.61 Å². The van der Waals surface area contributed by atoms with E-state index in [9.17, 15) is 14.4 Å². The average Bonchev–Trinajstić information content (AvgIpc) is 3.48. The maximum Gasteiger partial charge on any atom is 0.325 e. The number of imidazole rings is 1. The summed E-state index contributed by atoms with van der Waals surface area (Å²) in [6.07, 6.45) is 0. The Morgan fingerprint density at radius 3 is 2.49 bits per heavy atom. The number of ether oxygens (including phenoxy) is 1. The van der Waals surface area contributed by atoms with Gasteiger partial charge in [-0.05, 0) is 64.0 Å². The van der Waals surface area contributed by atoms with Crippen molar-refractivity contribution in [2.24, 2.45) is 0 Å². The molecule has 1 aliphatic rings. The molecule has 0 radical (unpaired) electrons. The lowest BCUT2D eigenvalue weighted by atomic mass is 9.91. The SMILES string of the molecule is C[C@@H](c1ccccc1)[C@@H](c1nc2ccc(I)cc2[nH]1)N1C(=O)N[C@H](c2ccc(OCC(=O)N(C)C)cc2)C1=O. The number of hydrogen-bond donors (Lipinski definition) is 2. The third-order valence-electron chi connectivity index (χ3n) is 6.87. The number of benzene rings is 3. The summed E-state index contributed by atoms with van der Waals surface area (Å²) in [5.41, 5.74) is 3.21. The molecule has 39 heavy (non-hydrogen) atoms. The van der Waals surface area contributed by atoms with E-state index in [2.05, 4.69) is 32.9 Å². The summed E-state index contributed by atoms with van der Waals surface area (Å²) < 4.78 is 6.60. The van der Waals surface area contributed by atoms with Crippen LogP contribution in [0.1, 0.15) is 41.9 Å². The van der Waals surface area contributed by atoms with Gasteiger partial charge in [-0.1, -0.05) is 49.4 Å². The summed E-state index contributed by atoms with van der Waals surface area (Å²) >= 11 is 2.24. The molecule has 3 aromatic carbocycles. The van der Waals surface area contributed by atoms with Gasteiger partial charge in [0, 0.05) is 23.6 Å². The third-order valence-corrected chi connectivity index (χ3v) is 7.54. The normalized spacial score (nSPS) is 16.7. The van der Waals surface area contributed by atoms with E-state index in [0.29, 0.717) is 17.1 Å². The second-order valence-corrected chi connectivity index (χ2v) is 10.9. The first-order valence-corrected chi connectivity index (χ1v) is 13.6. The zero-order chi connectivity index (χ0) is 27.7. The van der Waals surface area contributed by atoms with Gasteiger partial charge < -0.3 is 19.9 Å². The standard InChI is InChI=1S/C29H28IN5O4/c1-17(18-7-5-4-6-8-18)26(27-31-22-14-11-20(30)15-23(22)32-27)35-28(37)25(33-29(35)38)19-9-12-21(13-10-19)39-16-24(36)34(2)3/h4-15,17,25-26H,16H2,1-3H3,(H,31,32)(H,33,38)/t17-,25+,26-/m0/s1. The van der Waals surface area contributed by atoms with Crippen molar-refractivity contribution in [1.82, 2.24) is 25.1 Å². The first kappa shape index (κ1) is 26.7. The quantitative estimate of drug-likeness (QED) is 0.214. The van der Waals surface area contributed by atoms with Crippen LogP contribution in [0.15, 0.2) is 72.8 Å². The van der Waals surface area contributed by atoms with E-state index >= 15 is 0 Å². The maximum absolute atomic E-state index is 13.8. The second kappa shape index (κ2) is 11.0. The largest absolute Gasteiger partial charge is 0.484 e. The number of amides is 4. The number of carbonyl (C=O) groups excluding carboxylic acids is 3. The van der Waals surface area contributed by atoms with Crippen LogP contribution in [0.25, 0.3) is 11.0 Å². The van der Waals surface area contributed by atoms with Crippen LogP contribution in [0.3, 0.4) is 0 Å². The van der Waals surface area contributed by atoms with Crippen LogP contribution in [0, 0.1) is 3.57 Å². The number of hydrogen-bond acceptors (Lipinski definition) is 5. The van der Waals surface area contributed by atoms with E-state index in [-0.39, 0.29) is 24.3 Å². The minimum Gasteiger partial charge on any atom is -0.484 e. The summed E-state index contributed by atoms with van der Waals surface area (Å²) in [7, 11) is 3.32. The fraction of sp³-hybridized carbons (Fsp3) is 0.241. The van der Waals surface area contributed by atoms with Crippen LogP contribution < -0.4 is 10.1 Å². The predicted molar refractivity (Wildman–Crippen MR) is 155 cm³/mol. The summed E-state index contributed by atoms with van der Waals surface area (Å²) in [6.45, 7) is 1.90. The lowest BCUT2D eigenvalue weighted by molar-refractivity contribution is -0.131. The molecule has 1 fully saturated rings. The minimum absolute atomic E-state index is 0.0885. The molecule has 10 heteroatoms. The molecule has 2 N–H and O–H groups in total. The number of imide groups is 1. The summed E-state index contributed by atoms with van der Waals surface area (Å²) in [5, 5.41) is 2.85. The van der Waals surface area contributed by atoms with Gasteiger partial charge in [0.2, 0.25) is 0 Å². The molecule has 1 aromatic heterocycles. The van der Waals surface area contributed by atoms with E-state index in [0.717, 1.165) is 20.2 Å². The molecule has 4 amide bonds. The number of likely N-dealkylation sites (N-methyl/N-ethyl adjacent to an activating group) is 1. The number of rotatable bonds is 8. The third kappa shape index (κ3) is 5.47. The van der Waals surface area contributed by atoms with Gasteiger partial charge in [-0.25, -0.2) is 9.78 Å². The van der Waals surface area contributed by atoms with Crippen LogP contribution in [0.5, 0.6) is 5.75 Å². The van der Waals surface area contributed by atoms with Crippen molar-refractivity contribution in [1.29, 1.82) is 0 Å². The molecule has 2 heterocycles. The molecule has 9 nitrogen and oxygen atoms in total. The molecule has 4 aromatic rings. The first-order valence-electron chi connectivity index (χ1n) is 12.5. The average molecular weight is 637 g/mol. The molecule has 0 bridgehead atoms. The minimum atomic E-state index is -0.856. The van der Waals surface area contributed by atoms with E-state index in [4.69, 9.17) is 9.72 Å².